The zero-order chi connectivity index (χ0) is 34.3. The van der Waals surface area contributed by atoms with Gasteiger partial charge in [0.1, 0.15) is 11.5 Å². The monoisotopic (exact) mass is 681 g/mol. The van der Waals surface area contributed by atoms with E-state index < -0.39 is 11.9 Å². The zero-order valence-electron chi connectivity index (χ0n) is 29.2. The molecule has 0 aliphatic heterocycles. The van der Waals surface area contributed by atoms with E-state index in [9.17, 15) is 19.8 Å². The molecule has 2 aromatic carbocycles. The molecule has 0 aromatic heterocycles. The van der Waals surface area contributed by atoms with Gasteiger partial charge in [-0.05, 0) is 59.3 Å². The molecule has 0 spiro atoms. The van der Waals surface area contributed by atoms with E-state index in [2.05, 4.69) is 87.4 Å². The van der Waals surface area contributed by atoms with E-state index in [0.29, 0.717) is 11.5 Å². The number of hydrogen-bond acceptors (Lipinski definition) is 6. The molecule has 1 radical (unpaired) electrons. The van der Waals surface area contributed by atoms with Crippen LogP contribution in [-0.4, -0.2) is 56.9 Å². The topological polar surface area (TPSA) is 140 Å². The van der Waals surface area contributed by atoms with Crippen molar-refractivity contribution in [1.82, 2.24) is 0 Å². The van der Waals surface area contributed by atoms with Gasteiger partial charge in [-0.25, -0.2) is 0 Å². The minimum absolute atomic E-state index is 0. The fraction of sp³-hybridized carbons (Fsp3) is 0.568. The normalized spacial score (nSPS) is 17.3. The first-order chi connectivity index (χ1) is 20.6. The van der Waals surface area contributed by atoms with Crippen LogP contribution < -0.4 is 0 Å². The molecular weight excluding hydrogens is 627 g/mol. The van der Waals surface area contributed by atoms with E-state index in [1.165, 1.54) is 5.56 Å². The van der Waals surface area contributed by atoms with E-state index in [1.807, 2.05) is 18.5 Å². The summed E-state index contributed by atoms with van der Waals surface area (Å²) in [6.07, 6.45) is 7.30. The Kier molecular flexibility index (Phi) is 14.7. The largest absolute Gasteiger partial charge is 0.507 e. The molecule has 0 amide bonds. The van der Waals surface area contributed by atoms with Gasteiger partial charge in [0.05, 0.1) is 24.9 Å². The van der Waals surface area contributed by atoms with Crippen LogP contribution in [0.4, 0.5) is 0 Å². The standard InChI is InChI=1S/C33H48N2O2.C4H6O4.Co/c1-21-15-22(29(36)25(16-21)32(5,6)7)19-34-27-13-11-12-14-28(27)35-20-23-17-24(31(2,3)4)18-26(30(23)37)33(8,9)10;5-3(6)1-2-4(7)8;/h15-20,27-28,36-37H,11-14H2,1-10H3;1-2H2,(H,5,6)(H,7,8);. The Hall–Kier alpha value is -3.17. The molecule has 2 unspecified atom stereocenters. The number of nitrogens with zero attached hydrogens (tertiary/aromatic N) is 2. The van der Waals surface area contributed by atoms with Gasteiger partial charge in [-0.3, -0.25) is 19.6 Å². The molecule has 9 heteroatoms. The van der Waals surface area contributed by atoms with Crippen LogP contribution in [0.15, 0.2) is 34.3 Å². The number of phenols is 2. The summed E-state index contributed by atoms with van der Waals surface area (Å²) in [6, 6.07) is 8.38. The van der Waals surface area contributed by atoms with Crippen LogP contribution >= 0.6 is 0 Å². The summed E-state index contributed by atoms with van der Waals surface area (Å²) in [6.45, 7) is 21.4. The third kappa shape index (κ3) is 12.2. The summed E-state index contributed by atoms with van der Waals surface area (Å²) in [5, 5.41) is 37.9. The van der Waals surface area contributed by atoms with Gasteiger partial charge in [0.2, 0.25) is 0 Å². The third-order valence-corrected chi connectivity index (χ3v) is 7.96. The quantitative estimate of drug-likeness (QED) is 0.218. The van der Waals surface area contributed by atoms with Crippen LogP contribution in [0, 0.1) is 6.92 Å². The number of benzene rings is 2. The Morgan fingerprint density at radius 1 is 0.696 bits per heavy atom. The first-order valence-electron chi connectivity index (χ1n) is 15.8. The number of hydrogen-bond donors (Lipinski definition) is 4. The predicted octanol–water partition coefficient (Wildman–Crippen LogP) is 8.08. The molecule has 1 aliphatic rings. The van der Waals surface area contributed by atoms with Crippen LogP contribution in [-0.2, 0) is 42.6 Å². The maximum atomic E-state index is 11.2. The maximum Gasteiger partial charge on any atom is 0.303 e. The zero-order valence-corrected chi connectivity index (χ0v) is 30.2. The number of rotatable bonds is 7. The molecule has 0 bridgehead atoms. The number of aliphatic imine (C=N–C) groups is 2. The second-order valence-corrected chi connectivity index (χ2v) is 15.2. The maximum absolute atomic E-state index is 11.2. The number of phenolic OH excluding ortho intramolecular Hbond substituents is 2. The van der Waals surface area contributed by atoms with Crippen molar-refractivity contribution in [3.8, 4) is 11.5 Å². The van der Waals surface area contributed by atoms with Gasteiger partial charge in [0.15, 0.2) is 0 Å². The van der Waals surface area contributed by atoms with Crippen LogP contribution in [0.1, 0.15) is 134 Å². The number of carboxylic acid groups (broad SMARTS) is 2. The SMILES string of the molecule is Cc1cc(C=NC2CCCCC2N=Cc2cc(C(C)(C)C)cc(C(C)(C)C)c2O)c(O)c(C(C)(C)C)c1.O=C(O)CCC(=O)O.[Co]. The van der Waals surface area contributed by atoms with E-state index in [0.717, 1.165) is 53.5 Å². The van der Waals surface area contributed by atoms with Crippen molar-refractivity contribution in [2.24, 2.45) is 9.98 Å². The summed E-state index contributed by atoms with van der Waals surface area (Å²) < 4.78 is 0. The second kappa shape index (κ2) is 16.6. The summed E-state index contributed by atoms with van der Waals surface area (Å²) in [7, 11) is 0. The first-order valence-corrected chi connectivity index (χ1v) is 15.8. The number of aryl methyl sites for hydroxylation is 1. The summed E-state index contributed by atoms with van der Waals surface area (Å²) >= 11 is 0. The van der Waals surface area contributed by atoms with Gasteiger partial charge >= 0.3 is 11.9 Å². The van der Waals surface area contributed by atoms with E-state index in [4.69, 9.17) is 20.2 Å². The second-order valence-electron chi connectivity index (χ2n) is 15.2. The van der Waals surface area contributed by atoms with Gasteiger partial charge in [0, 0.05) is 51.5 Å². The van der Waals surface area contributed by atoms with Crippen molar-refractivity contribution in [2.75, 3.05) is 0 Å². The van der Waals surface area contributed by atoms with Crippen LogP contribution in [0.5, 0.6) is 11.5 Å². The van der Waals surface area contributed by atoms with Crippen molar-refractivity contribution in [2.45, 2.75) is 136 Å². The number of aromatic hydroxyl groups is 2. The molecule has 0 heterocycles. The van der Waals surface area contributed by atoms with Crippen molar-refractivity contribution in [1.29, 1.82) is 0 Å². The predicted molar refractivity (Wildman–Crippen MR) is 183 cm³/mol. The summed E-state index contributed by atoms with van der Waals surface area (Å²) in [5.74, 6) is -1.52. The van der Waals surface area contributed by atoms with Crippen molar-refractivity contribution in [3.05, 3.63) is 57.6 Å². The van der Waals surface area contributed by atoms with Gasteiger partial charge in [-0.1, -0.05) is 87.3 Å². The van der Waals surface area contributed by atoms with Crippen LogP contribution in [0.2, 0.25) is 0 Å². The fourth-order valence-corrected chi connectivity index (χ4v) is 5.24. The summed E-state index contributed by atoms with van der Waals surface area (Å²) in [5.41, 5.74) is 5.39. The molecule has 8 nitrogen and oxygen atoms in total. The number of carbonyl (C=O) groups is 2. The van der Waals surface area contributed by atoms with E-state index in [-0.39, 0.29) is 57.9 Å². The fourth-order valence-electron chi connectivity index (χ4n) is 5.24. The molecule has 1 aliphatic carbocycles. The van der Waals surface area contributed by atoms with E-state index >= 15 is 0 Å². The average molecular weight is 682 g/mol. The molecule has 1 saturated carbocycles. The molecule has 3 rings (SSSR count). The van der Waals surface area contributed by atoms with Gasteiger partial charge in [-0.15, -0.1) is 0 Å². The van der Waals surface area contributed by atoms with Gasteiger partial charge in [0.25, 0.3) is 0 Å². The van der Waals surface area contributed by atoms with Crippen molar-refractivity contribution >= 4 is 24.4 Å². The van der Waals surface area contributed by atoms with Crippen molar-refractivity contribution < 1.29 is 46.8 Å². The third-order valence-electron chi connectivity index (χ3n) is 7.96. The molecule has 1 fully saturated rings. The Balaban J connectivity index is 0.00000104. The Labute approximate surface area is 285 Å². The number of aliphatic carboxylic acids is 2. The Morgan fingerprint density at radius 2 is 1.09 bits per heavy atom. The Morgan fingerprint density at radius 3 is 1.46 bits per heavy atom. The molecule has 2 atom stereocenters. The van der Waals surface area contributed by atoms with Crippen molar-refractivity contribution in [3.63, 3.8) is 0 Å². The first kappa shape index (κ1) is 40.8. The minimum Gasteiger partial charge on any atom is -0.507 e. The molecule has 4 N–H and O–H groups in total. The molecule has 0 saturated heterocycles. The van der Waals surface area contributed by atoms with Crippen LogP contribution in [0.3, 0.4) is 0 Å². The number of carboxylic acids is 2. The van der Waals surface area contributed by atoms with E-state index in [1.54, 1.807) is 0 Å². The molecular formula is C37H54CoN2O6. The molecule has 2 aromatic rings. The van der Waals surface area contributed by atoms with Gasteiger partial charge in [-0.2, -0.15) is 0 Å². The molecule has 46 heavy (non-hydrogen) atoms. The molecule has 257 valence electrons. The Bertz CT molecular complexity index is 1400. The smallest absolute Gasteiger partial charge is 0.303 e. The summed E-state index contributed by atoms with van der Waals surface area (Å²) in [4.78, 5) is 29.2. The van der Waals surface area contributed by atoms with Gasteiger partial charge < -0.3 is 20.4 Å². The average Bonchev–Trinajstić information content (AvgIpc) is 2.90. The van der Waals surface area contributed by atoms with Crippen LogP contribution in [0.25, 0.3) is 0 Å². The minimum atomic E-state index is -1.08.